The zero-order valence-electron chi connectivity index (χ0n) is 11.4. The van der Waals surface area contributed by atoms with E-state index in [1.165, 1.54) is 0 Å². The predicted molar refractivity (Wildman–Crippen MR) is 85.1 cm³/mol. The van der Waals surface area contributed by atoms with E-state index in [4.69, 9.17) is 0 Å². The topological polar surface area (TPSA) is 58.2 Å². The first-order valence-corrected chi connectivity index (χ1v) is 7.68. The van der Waals surface area contributed by atoms with Crippen molar-refractivity contribution in [3.8, 4) is 0 Å². The van der Waals surface area contributed by atoms with Crippen molar-refractivity contribution in [2.24, 2.45) is 0 Å². The SMILES string of the molecule is O=C1CC[C@@H](NC(=O)c2ccc3c(Br)cccc3c2)CN1. The number of piperidine rings is 1. The van der Waals surface area contributed by atoms with Crippen LogP contribution in [0.4, 0.5) is 0 Å². The molecule has 0 spiro atoms. The molecule has 0 radical (unpaired) electrons. The van der Waals surface area contributed by atoms with Crippen molar-refractivity contribution >= 4 is 38.5 Å². The largest absolute Gasteiger partial charge is 0.354 e. The number of rotatable bonds is 2. The molecule has 1 fully saturated rings. The van der Waals surface area contributed by atoms with Crippen LogP contribution >= 0.6 is 15.9 Å². The van der Waals surface area contributed by atoms with Crippen LogP contribution in [0.25, 0.3) is 10.8 Å². The number of nitrogens with one attached hydrogen (secondary N) is 2. The van der Waals surface area contributed by atoms with E-state index in [2.05, 4.69) is 26.6 Å². The Hall–Kier alpha value is -1.88. The standard InChI is InChI=1S/C16H15BrN2O2/c17-14-3-1-2-10-8-11(4-6-13(10)14)16(21)19-12-5-7-15(20)18-9-12/h1-4,6,8,12H,5,7,9H2,(H,18,20)(H,19,21)/t12-/m1/s1. The van der Waals surface area contributed by atoms with Crippen molar-refractivity contribution in [2.45, 2.75) is 18.9 Å². The molecule has 0 aliphatic carbocycles. The van der Waals surface area contributed by atoms with Crippen molar-refractivity contribution in [3.63, 3.8) is 0 Å². The van der Waals surface area contributed by atoms with Crippen LogP contribution in [0, 0.1) is 0 Å². The average molecular weight is 347 g/mol. The van der Waals surface area contributed by atoms with E-state index in [1.807, 2.05) is 36.4 Å². The van der Waals surface area contributed by atoms with Crippen LogP contribution in [-0.4, -0.2) is 24.4 Å². The van der Waals surface area contributed by atoms with Gasteiger partial charge in [0.25, 0.3) is 5.91 Å². The van der Waals surface area contributed by atoms with E-state index in [9.17, 15) is 9.59 Å². The maximum absolute atomic E-state index is 12.3. The monoisotopic (exact) mass is 346 g/mol. The third kappa shape index (κ3) is 3.08. The van der Waals surface area contributed by atoms with Gasteiger partial charge in [0, 0.05) is 29.0 Å². The van der Waals surface area contributed by atoms with E-state index >= 15 is 0 Å². The van der Waals surface area contributed by atoms with Crippen LogP contribution in [0.1, 0.15) is 23.2 Å². The van der Waals surface area contributed by atoms with Gasteiger partial charge in [-0.2, -0.15) is 0 Å². The fourth-order valence-corrected chi connectivity index (χ4v) is 3.02. The van der Waals surface area contributed by atoms with Gasteiger partial charge in [0.05, 0.1) is 0 Å². The Bertz CT molecular complexity index is 704. The lowest BCUT2D eigenvalue weighted by Crippen LogP contribution is -2.47. The van der Waals surface area contributed by atoms with Crippen LogP contribution in [0.2, 0.25) is 0 Å². The Morgan fingerprint density at radius 1 is 1.29 bits per heavy atom. The second-order valence-electron chi connectivity index (χ2n) is 5.19. The maximum Gasteiger partial charge on any atom is 0.251 e. The highest BCUT2D eigenvalue weighted by Crippen LogP contribution is 2.24. The first kappa shape index (κ1) is 14.1. The van der Waals surface area contributed by atoms with Gasteiger partial charge in [-0.05, 0) is 35.4 Å². The van der Waals surface area contributed by atoms with Gasteiger partial charge in [-0.25, -0.2) is 0 Å². The van der Waals surface area contributed by atoms with Gasteiger partial charge in [-0.3, -0.25) is 9.59 Å². The highest BCUT2D eigenvalue weighted by atomic mass is 79.9. The Morgan fingerprint density at radius 2 is 2.14 bits per heavy atom. The molecule has 1 heterocycles. The summed E-state index contributed by atoms with van der Waals surface area (Å²) in [7, 11) is 0. The molecule has 0 bridgehead atoms. The lowest BCUT2D eigenvalue weighted by atomic mass is 10.0. The molecule has 2 aromatic rings. The summed E-state index contributed by atoms with van der Waals surface area (Å²) in [4.78, 5) is 23.4. The van der Waals surface area contributed by atoms with Crippen LogP contribution in [0.5, 0.6) is 0 Å². The normalized spacial score (nSPS) is 18.3. The van der Waals surface area contributed by atoms with Crippen LogP contribution < -0.4 is 10.6 Å². The summed E-state index contributed by atoms with van der Waals surface area (Å²) >= 11 is 3.50. The molecule has 2 aromatic carbocycles. The number of amides is 2. The molecule has 4 nitrogen and oxygen atoms in total. The summed E-state index contributed by atoms with van der Waals surface area (Å²) in [5.41, 5.74) is 0.637. The molecule has 2 amide bonds. The zero-order chi connectivity index (χ0) is 14.8. The van der Waals surface area contributed by atoms with Crippen LogP contribution in [-0.2, 0) is 4.79 Å². The third-order valence-electron chi connectivity index (χ3n) is 3.69. The average Bonchev–Trinajstić information content (AvgIpc) is 2.49. The first-order chi connectivity index (χ1) is 10.1. The second kappa shape index (κ2) is 5.85. The summed E-state index contributed by atoms with van der Waals surface area (Å²) in [5, 5.41) is 7.84. The molecular formula is C16H15BrN2O2. The molecule has 21 heavy (non-hydrogen) atoms. The molecule has 0 unspecified atom stereocenters. The molecule has 0 aromatic heterocycles. The number of carbonyl (C=O) groups excluding carboxylic acids is 2. The first-order valence-electron chi connectivity index (χ1n) is 6.89. The number of fused-ring (bicyclic) bond motifs is 1. The van der Waals surface area contributed by atoms with Crippen molar-refractivity contribution in [3.05, 3.63) is 46.4 Å². The Kier molecular flexibility index (Phi) is 3.92. The number of hydrogen-bond donors (Lipinski definition) is 2. The predicted octanol–water partition coefficient (Wildman–Crippen LogP) is 2.61. The van der Waals surface area contributed by atoms with Crippen molar-refractivity contribution < 1.29 is 9.59 Å². The number of carbonyl (C=O) groups is 2. The Balaban J connectivity index is 1.77. The van der Waals surface area contributed by atoms with Gasteiger partial charge >= 0.3 is 0 Å². The number of halogens is 1. The van der Waals surface area contributed by atoms with Gasteiger partial charge in [0.1, 0.15) is 0 Å². The van der Waals surface area contributed by atoms with Crippen molar-refractivity contribution in [1.29, 1.82) is 0 Å². The minimum Gasteiger partial charge on any atom is -0.354 e. The number of hydrogen-bond acceptors (Lipinski definition) is 2. The van der Waals surface area contributed by atoms with Gasteiger partial charge in [-0.1, -0.05) is 34.1 Å². The van der Waals surface area contributed by atoms with Gasteiger partial charge in [-0.15, -0.1) is 0 Å². The van der Waals surface area contributed by atoms with Crippen molar-refractivity contribution in [2.75, 3.05) is 6.54 Å². The highest BCUT2D eigenvalue weighted by molar-refractivity contribution is 9.10. The third-order valence-corrected chi connectivity index (χ3v) is 4.38. The van der Waals surface area contributed by atoms with E-state index in [0.29, 0.717) is 24.9 Å². The summed E-state index contributed by atoms with van der Waals surface area (Å²) in [6.07, 6.45) is 1.16. The van der Waals surface area contributed by atoms with Gasteiger partial charge < -0.3 is 10.6 Å². The molecule has 1 atom stereocenters. The summed E-state index contributed by atoms with van der Waals surface area (Å²) in [6.45, 7) is 0.504. The van der Waals surface area contributed by atoms with Gasteiger partial charge in [0.15, 0.2) is 0 Å². The summed E-state index contributed by atoms with van der Waals surface area (Å²) in [6, 6.07) is 11.6. The lowest BCUT2D eigenvalue weighted by Gasteiger charge is -2.23. The molecule has 0 saturated carbocycles. The highest BCUT2D eigenvalue weighted by Gasteiger charge is 2.20. The molecule has 1 saturated heterocycles. The Labute approximate surface area is 131 Å². The molecule has 3 rings (SSSR count). The molecule has 1 aliphatic rings. The minimum absolute atomic E-state index is 0.00778. The lowest BCUT2D eigenvalue weighted by molar-refractivity contribution is -0.122. The van der Waals surface area contributed by atoms with E-state index in [0.717, 1.165) is 15.2 Å². The van der Waals surface area contributed by atoms with E-state index in [1.54, 1.807) is 0 Å². The van der Waals surface area contributed by atoms with Crippen LogP contribution in [0.3, 0.4) is 0 Å². The number of benzene rings is 2. The quantitative estimate of drug-likeness (QED) is 0.877. The fraction of sp³-hybridized carbons (Fsp3) is 0.250. The zero-order valence-corrected chi connectivity index (χ0v) is 12.9. The molecular weight excluding hydrogens is 332 g/mol. The molecule has 5 heteroatoms. The maximum atomic E-state index is 12.3. The Morgan fingerprint density at radius 3 is 2.90 bits per heavy atom. The van der Waals surface area contributed by atoms with Crippen molar-refractivity contribution in [1.82, 2.24) is 10.6 Å². The van der Waals surface area contributed by atoms with Gasteiger partial charge in [0.2, 0.25) is 5.91 Å². The molecule has 108 valence electrons. The smallest absolute Gasteiger partial charge is 0.251 e. The summed E-state index contributed by atoms with van der Waals surface area (Å²) in [5.74, 6) is -0.0471. The van der Waals surface area contributed by atoms with E-state index in [-0.39, 0.29) is 17.9 Å². The second-order valence-corrected chi connectivity index (χ2v) is 6.04. The minimum atomic E-state index is -0.0991. The fourth-order valence-electron chi connectivity index (χ4n) is 2.51. The molecule has 2 N–H and O–H groups in total. The van der Waals surface area contributed by atoms with Crippen LogP contribution in [0.15, 0.2) is 40.9 Å². The van der Waals surface area contributed by atoms with E-state index < -0.39 is 0 Å². The molecule has 1 aliphatic heterocycles. The summed E-state index contributed by atoms with van der Waals surface area (Å²) < 4.78 is 1.02.